The summed E-state index contributed by atoms with van der Waals surface area (Å²) in [5.74, 6) is 0. The van der Waals surface area contributed by atoms with Gasteiger partial charge in [-0.25, -0.2) is 0 Å². The van der Waals surface area contributed by atoms with Crippen LogP contribution in [-0.2, 0) is 6.42 Å². The molecule has 0 radical (unpaired) electrons. The SMILES string of the molecule is CCCN1c2ccccc2CC[C@H]1CN. The average molecular weight is 204 g/mol. The lowest BCUT2D eigenvalue weighted by atomic mass is 9.95. The first-order valence-corrected chi connectivity index (χ1v) is 5.91. The minimum atomic E-state index is 0.542. The number of nitrogens with zero attached hydrogens (tertiary/aromatic N) is 1. The van der Waals surface area contributed by atoms with Crippen LogP contribution >= 0.6 is 0 Å². The van der Waals surface area contributed by atoms with Gasteiger partial charge >= 0.3 is 0 Å². The lowest BCUT2D eigenvalue weighted by Gasteiger charge is -2.38. The summed E-state index contributed by atoms with van der Waals surface area (Å²) in [6.45, 7) is 4.12. The average Bonchev–Trinajstić information content (AvgIpc) is 2.30. The molecular formula is C13H20N2. The maximum atomic E-state index is 5.84. The van der Waals surface area contributed by atoms with Crippen LogP contribution in [0.25, 0.3) is 0 Å². The molecule has 1 aliphatic rings. The number of hydrogen-bond acceptors (Lipinski definition) is 2. The van der Waals surface area contributed by atoms with Crippen molar-refractivity contribution >= 4 is 5.69 Å². The molecule has 1 aliphatic heterocycles. The highest BCUT2D eigenvalue weighted by Gasteiger charge is 2.23. The van der Waals surface area contributed by atoms with Crippen LogP contribution in [0.15, 0.2) is 24.3 Å². The van der Waals surface area contributed by atoms with E-state index in [4.69, 9.17) is 5.73 Å². The largest absolute Gasteiger partial charge is 0.367 e. The van der Waals surface area contributed by atoms with E-state index in [-0.39, 0.29) is 0 Å². The molecule has 0 aliphatic carbocycles. The second-order valence-corrected chi connectivity index (χ2v) is 4.25. The van der Waals surface area contributed by atoms with E-state index in [1.807, 2.05) is 0 Å². The summed E-state index contributed by atoms with van der Waals surface area (Å²) in [7, 11) is 0. The molecule has 0 unspecified atom stereocenters. The Balaban J connectivity index is 2.29. The van der Waals surface area contributed by atoms with Gasteiger partial charge in [0, 0.05) is 24.8 Å². The summed E-state index contributed by atoms with van der Waals surface area (Å²) in [4.78, 5) is 2.48. The third kappa shape index (κ3) is 2.00. The first kappa shape index (κ1) is 10.5. The Labute approximate surface area is 92.1 Å². The highest BCUT2D eigenvalue weighted by Crippen LogP contribution is 2.30. The number of anilines is 1. The van der Waals surface area contributed by atoms with E-state index in [1.54, 1.807) is 0 Å². The molecule has 1 aromatic carbocycles. The Morgan fingerprint density at radius 1 is 1.40 bits per heavy atom. The fraction of sp³-hybridized carbons (Fsp3) is 0.538. The normalized spacial score (nSPS) is 20.1. The standard InChI is InChI=1S/C13H20N2/c1-2-9-15-12(10-14)8-7-11-5-3-4-6-13(11)15/h3-6,12H,2,7-10,14H2,1H3/t12-/m0/s1. The molecule has 15 heavy (non-hydrogen) atoms. The van der Waals surface area contributed by atoms with Gasteiger partial charge in [0.2, 0.25) is 0 Å². The summed E-state index contributed by atoms with van der Waals surface area (Å²) in [5.41, 5.74) is 8.73. The third-order valence-electron chi connectivity index (χ3n) is 3.23. The molecule has 2 nitrogen and oxygen atoms in total. The van der Waals surface area contributed by atoms with Crippen molar-refractivity contribution in [2.24, 2.45) is 5.73 Å². The fourth-order valence-corrected chi connectivity index (χ4v) is 2.47. The van der Waals surface area contributed by atoms with Gasteiger partial charge in [0.25, 0.3) is 0 Å². The van der Waals surface area contributed by atoms with Crippen LogP contribution in [0, 0.1) is 0 Å². The molecule has 0 bridgehead atoms. The molecule has 0 saturated carbocycles. The molecule has 1 atom stereocenters. The zero-order valence-corrected chi connectivity index (χ0v) is 9.45. The number of rotatable bonds is 3. The summed E-state index contributed by atoms with van der Waals surface area (Å²) >= 11 is 0. The zero-order valence-electron chi connectivity index (χ0n) is 9.45. The zero-order chi connectivity index (χ0) is 10.7. The molecule has 0 aromatic heterocycles. The van der Waals surface area contributed by atoms with Gasteiger partial charge in [-0.2, -0.15) is 0 Å². The van der Waals surface area contributed by atoms with Crippen LogP contribution in [-0.4, -0.2) is 19.1 Å². The van der Waals surface area contributed by atoms with Crippen LogP contribution in [0.3, 0.4) is 0 Å². The van der Waals surface area contributed by atoms with Crippen molar-refractivity contribution in [1.29, 1.82) is 0 Å². The van der Waals surface area contributed by atoms with Crippen LogP contribution < -0.4 is 10.6 Å². The summed E-state index contributed by atoms with van der Waals surface area (Å²) in [6.07, 6.45) is 3.57. The second kappa shape index (κ2) is 4.67. The Morgan fingerprint density at radius 2 is 2.20 bits per heavy atom. The Bertz CT molecular complexity index is 322. The van der Waals surface area contributed by atoms with Crippen molar-refractivity contribution in [3.8, 4) is 0 Å². The number of aryl methyl sites for hydroxylation is 1. The van der Waals surface area contributed by atoms with E-state index in [1.165, 1.54) is 30.5 Å². The first-order chi connectivity index (χ1) is 7.36. The predicted molar refractivity (Wildman–Crippen MR) is 65.2 cm³/mol. The fourth-order valence-electron chi connectivity index (χ4n) is 2.47. The summed E-state index contributed by atoms with van der Waals surface area (Å²) in [5, 5.41) is 0. The van der Waals surface area contributed by atoms with Gasteiger partial charge in [0.1, 0.15) is 0 Å². The topological polar surface area (TPSA) is 29.3 Å². The Hall–Kier alpha value is -1.02. The van der Waals surface area contributed by atoms with Crippen LogP contribution in [0.4, 0.5) is 5.69 Å². The van der Waals surface area contributed by atoms with Gasteiger partial charge in [0.05, 0.1) is 0 Å². The molecule has 0 fully saturated rings. The summed E-state index contributed by atoms with van der Waals surface area (Å²) in [6, 6.07) is 9.27. The predicted octanol–water partition coefficient (Wildman–Crippen LogP) is 2.18. The van der Waals surface area contributed by atoms with Crippen molar-refractivity contribution in [2.75, 3.05) is 18.0 Å². The van der Waals surface area contributed by atoms with Gasteiger partial charge in [-0.3, -0.25) is 0 Å². The molecule has 0 saturated heterocycles. The molecule has 2 heteroatoms. The molecule has 1 heterocycles. The highest BCUT2D eigenvalue weighted by molar-refractivity contribution is 5.56. The number of para-hydroxylation sites is 1. The number of nitrogens with two attached hydrogens (primary N) is 1. The molecule has 0 amide bonds. The lowest BCUT2D eigenvalue weighted by Crippen LogP contribution is -2.44. The maximum absolute atomic E-state index is 5.84. The quantitative estimate of drug-likeness (QED) is 0.817. The number of hydrogen-bond donors (Lipinski definition) is 1. The minimum absolute atomic E-state index is 0.542. The van der Waals surface area contributed by atoms with Crippen molar-refractivity contribution < 1.29 is 0 Å². The monoisotopic (exact) mass is 204 g/mol. The van der Waals surface area contributed by atoms with Crippen molar-refractivity contribution in [2.45, 2.75) is 32.2 Å². The van der Waals surface area contributed by atoms with Crippen LogP contribution in [0.1, 0.15) is 25.3 Å². The molecule has 2 N–H and O–H groups in total. The smallest absolute Gasteiger partial charge is 0.0415 e. The van der Waals surface area contributed by atoms with Gasteiger partial charge < -0.3 is 10.6 Å². The molecule has 1 aromatic rings. The van der Waals surface area contributed by atoms with Crippen LogP contribution in [0.5, 0.6) is 0 Å². The van der Waals surface area contributed by atoms with Crippen LogP contribution in [0.2, 0.25) is 0 Å². The number of fused-ring (bicyclic) bond motifs is 1. The van der Waals surface area contributed by atoms with Gasteiger partial charge in [0.15, 0.2) is 0 Å². The Kier molecular flexibility index (Phi) is 3.27. The molecule has 2 rings (SSSR count). The summed E-state index contributed by atoms with van der Waals surface area (Å²) < 4.78 is 0. The van der Waals surface area contributed by atoms with Gasteiger partial charge in [-0.05, 0) is 30.9 Å². The maximum Gasteiger partial charge on any atom is 0.0415 e. The van der Waals surface area contributed by atoms with E-state index < -0.39 is 0 Å². The van der Waals surface area contributed by atoms with E-state index in [9.17, 15) is 0 Å². The lowest BCUT2D eigenvalue weighted by molar-refractivity contribution is 0.531. The second-order valence-electron chi connectivity index (χ2n) is 4.25. The van der Waals surface area contributed by atoms with E-state index in [0.717, 1.165) is 13.1 Å². The Morgan fingerprint density at radius 3 is 2.93 bits per heavy atom. The van der Waals surface area contributed by atoms with E-state index in [2.05, 4.69) is 36.1 Å². The van der Waals surface area contributed by atoms with E-state index >= 15 is 0 Å². The van der Waals surface area contributed by atoms with Crippen molar-refractivity contribution in [1.82, 2.24) is 0 Å². The van der Waals surface area contributed by atoms with Gasteiger partial charge in [-0.1, -0.05) is 25.1 Å². The minimum Gasteiger partial charge on any atom is -0.367 e. The molecular weight excluding hydrogens is 184 g/mol. The molecule has 82 valence electrons. The van der Waals surface area contributed by atoms with Crippen molar-refractivity contribution in [3.05, 3.63) is 29.8 Å². The highest BCUT2D eigenvalue weighted by atomic mass is 15.2. The van der Waals surface area contributed by atoms with Gasteiger partial charge in [-0.15, -0.1) is 0 Å². The van der Waals surface area contributed by atoms with E-state index in [0.29, 0.717) is 6.04 Å². The number of benzene rings is 1. The third-order valence-corrected chi connectivity index (χ3v) is 3.23. The first-order valence-electron chi connectivity index (χ1n) is 5.91. The molecule has 0 spiro atoms. The van der Waals surface area contributed by atoms with Crippen molar-refractivity contribution in [3.63, 3.8) is 0 Å².